The lowest BCUT2D eigenvalue weighted by molar-refractivity contribution is -0.137. The van der Waals surface area contributed by atoms with Crippen LogP contribution in [0.3, 0.4) is 0 Å². The highest BCUT2D eigenvalue weighted by atomic mass is 16.2. The Labute approximate surface area is 98.7 Å². The normalized spacial score (nSPS) is 16.2. The monoisotopic (exact) mass is 234 g/mol. The number of aryl methyl sites for hydroxylation is 1. The van der Waals surface area contributed by atoms with Crippen molar-refractivity contribution in [3.63, 3.8) is 0 Å². The molecule has 0 unspecified atom stereocenters. The van der Waals surface area contributed by atoms with Gasteiger partial charge in [-0.05, 0) is 20.3 Å². The molecular formula is C11H14N4O2. The number of amides is 2. The van der Waals surface area contributed by atoms with Gasteiger partial charge in [0, 0.05) is 24.1 Å². The molecule has 0 atom stereocenters. The number of H-pyrrole nitrogens is 1. The Kier molecular flexibility index (Phi) is 3.03. The van der Waals surface area contributed by atoms with Crippen LogP contribution < -0.4 is 0 Å². The van der Waals surface area contributed by atoms with Crippen molar-refractivity contribution in [1.82, 2.24) is 20.1 Å². The first-order chi connectivity index (χ1) is 8.11. The van der Waals surface area contributed by atoms with E-state index in [9.17, 15) is 9.59 Å². The Morgan fingerprint density at radius 2 is 1.88 bits per heavy atom. The molecule has 1 aliphatic rings. The van der Waals surface area contributed by atoms with Crippen LogP contribution in [0.15, 0.2) is 17.5 Å². The Morgan fingerprint density at radius 1 is 1.24 bits per heavy atom. The molecule has 1 aromatic heterocycles. The van der Waals surface area contributed by atoms with Gasteiger partial charge < -0.3 is 0 Å². The number of rotatable bonds is 4. The number of imide groups is 1. The van der Waals surface area contributed by atoms with Gasteiger partial charge >= 0.3 is 0 Å². The Hall–Kier alpha value is -1.98. The molecule has 0 spiro atoms. The van der Waals surface area contributed by atoms with E-state index in [2.05, 4.69) is 15.2 Å². The summed E-state index contributed by atoms with van der Waals surface area (Å²) in [6, 6.07) is 0. The molecule has 2 rings (SSSR count). The van der Waals surface area contributed by atoms with Gasteiger partial charge in [0.2, 0.25) is 0 Å². The minimum Gasteiger partial charge on any atom is -0.275 e. The quantitative estimate of drug-likeness (QED) is 0.767. The molecule has 90 valence electrons. The summed E-state index contributed by atoms with van der Waals surface area (Å²) < 4.78 is 0. The molecule has 0 radical (unpaired) electrons. The number of hydrogen-bond acceptors (Lipinski definition) is 4. The lowest BCUT2D eigenvalue weighted by atomic mass is 10.2. The molecule has 0 aliphatic carbocycles. The summed E-state index contributed by atoms with van der Waals surface area (Å²) >= 11 is 0. The first-order valence-electron chi connectivity index (χ1n) is 5.49. The van der Waals surface area contributed by atoms with Gasteiger partial charge in [0.05, 0.1) is 0 Å². The molecule has 1 aliphatic heterocycles. The van der Waals surface area contributed by atoms with Crippen LogP contribution in [0.2, 0.25) is 0 Å². The maximum Gasteiger partial charge on any atom is 0.256 e. The highest BCUT2D eigenvalue weighted by molar-refractivity contribution is 6.18. The number of carbonyl (C=O) groups excluding carboxylic acids is 2. The van der Waals surface area contributed by atoms with E-state index in [0.29, 0.717) is 30.5 Å². The zero-order valence-electron chi connectivity index (χ0n) is 9.86. The SMILES string of the molecule is CC1=C(C)C(=O)N(CCCc2ncn[nH]2)C1=O. The van der Waals surface area contributed by atoms with Crippen molar-refractivity contribution in [3.8, 4) is 0 Å². The van der Waals surface area contributed by atoms with Crippen LogP contribution >= 0.6 is 0 Å². The minimum absolute atomic E-state index is 0.176. The van der Waals surface area contributed by atoms with Gasteiger partial charge in [-0.2, -0.15) is 5.10 Å². The molecule has 0 fully saturated rings. The molecule has 6 nitrogen and oxygen atoms in total. The number of carbonyl (C=O) groups is 2. The molecule has 17 heavy (non-hydrogen) atoms. The van der Waals surface area contributed by atoms with E-state index in [4.69, 9.17) is 0 Å². The number of nitrogens with zero attached hydrogens (tertiary/aromatic N) is 3. The van der Waals surface area contributed by atoms with E-state index in [1.807, 2.05) is 0 Å². The van der Waals surface area contributed by atoms with Crippen molar-refractivity contribution in [1.29, 1.82) is 0 Å². The van der Waals surface area contributed by atoms with E-state index < -0.39 is 0 Å². The average Bonchev–Trinajstić information content (AvgIpc) is 2.89. The molecule has 6 heteroatoms. The van der Waals surface area contributed by atoms with Crippen molar-refractivity contribution in [3.05, 3.63) is 23.3 Å². The van der Waals surface area contributed by atoms with E-state index in [1.165, 1.54) is 11.2 Å². The number of aromatic nitrogens is 3. The maximum atomic E-state index is 11.7. The first kappa shape index (κ1) is 11.5. The maximum absolute atomic E-state index is 11.7. The molecule has 0 saturated carbocycles. The third kappa shape index (κ3) is 2.11. The van der Waals surface area contributed by atoms with Gasteiger partial charge in [0.25, 0.3) is 11.8 Å². The van der Waals surface area contributed by atoms with Gasteiger partial charge in [-0.25, -0.2) is 4.98 Å². The fourth-order valence-corrected chi connectivity index (χ4v) is 1.78. The van der Waals surface area contributed by atoms with Gasteiger partial charge in [-0.15, -0.1) is 0 Å². The largest absolute Gasteiger partial charge is 0.275 e. The van der Waals surface area contributed by atoms with Crippen LogP contribution in [0.5, 0.6) is 0 Å². The number of aromatic amines is 1. The molecule has 0 saturated heterocycles. The smallest absolute Gasteiger partial charge is 0.256 e. The van der Waals surface area contributed by atoms with Crippen LogP contribution in [-0.4, -0.2) is 38.4 Å². The van der Waals surface area contributed by atoms with Gasteiger partial charge in [0.15, 0.2) is 0 Å². The van der Waals surface area contributed by atoms with Crippen molar-refractivity contribution < 1.29 is 9.59 Å². The van der Waals surface area contributed by atoms with Gasteiger partial charge in [-0.3, -0.25) is 19.6 Å². The predicted octanol–water partition coefficient (Wildman–Crippen LogP) is 0.442. The molecule has 1 N–H and O–H groups in total. The van der Waals surface area contributed by atoms with Gasteiger partial charge in [0.1, 0.15) is 12.2 Å². The molecule has 2 heterocycles. The zero-order valence-corrected chi connectivity index (χ0v) is 9.86. The highest BCUT2D eigenvalue weighted by Crippen LogP contribution is 2.19. The summed E-state index contributed by atoms with van der Waals surface area (Å²) in [7, 11) is 0. The number of hydrogen-bond donors (Lipinski definition) is 1. The second kappa shape index (κ2) is 4.48. The van der Waals surface area contributed by atoms with E-state index in [1.54, 1.807) is 13.8 Å². The second-order valence-corrected chi connectivity index (χ2v) is 4.05. The summed E-state index contributed by atoms with van der Waals surface area (Å²) in [6.45, 7) is 3.80. The van der Waals surface area contributed by atoms with Crippen molar-refractivity contribution in [2.45, 2.75) is 26.7 Å². The first-order valence-corrected chi connectivity index (χ1v) is 5.49. The zero-order chi connectivity index (χ0) is 12.4. The summed E-state index contributed by atoms with van der Waals surface area (Å²) in [5, 5.41) is 6.48. The highest BCUT2D eigenvalue weighted by Gasteiger charge is 2.32. The lowest BCUT2D eigenvalue weighted by Crippen LogP contribution is -2.32. The van der Waals surface area contributed by atoms with Crippen molar-refractivity contribution >= 4 is 11.8 Å². The van der Waals surface area contributed by atoms with E-state index >= 15 is 0 Å². The van der Waals surface area contributed by atoms with Crippen LogP contribution in [0.4, 0.5) is 0 Å². The summed E-state index contributed by atoms with van der Waals surface area (Å²) in [5.41, 5.74) is 1.10. The summed E-state index contributed by atoms with van der Waals surface area (Å²) in [6.07, 6.45) is 2.81. The molecule has 1 aromatic rings. The Balaban J connectivity index is 1.89. The van der Waals surface area contributed by atoms with Gasteiger partial charge in [-0.1, -0.05) is 0 Å². The molecule has 2 amide bonds. The van der Waals surface area contributed by atoms with Crippen LogP contribution in [0.25, 0.3) is 0 Å². The van der Waals surface area contributed by atoms with Crippen LogP contribution in [0, 0.1) is 0 Å². The molecule has 0 aromatic carbocycles. The topological polar surface area (TPSA) is 79.0 Å². The van der Waals surface area contributed by atoms with E-state index in [0.717, 1.165) is 5.82 Å². The summed E-state index contributed by atoms with van der Waals surface area (Å²) in [4.78, 5) is 28.7. The minimum atomic E-state index is -0.176. The summed E-state index contributed by atoms with van der Waals surface area (Å²) in [5.74, 6) is 0.417. The fourth-order valence-electron chi connectivity index (χ4n) is 1.78. The average molecular weight is 234 g/mol. The van der Waals surface area contributed by atoms with Crippen molar-refractivity contribution in [2.24, 2.45) is 0 Å². The van der Waals surface area contributed by atoms with Crippen molar-refractivity contribution in [2.75, 3.05) is 6.54 Å². The second-order valence-electron chi connectivity index (χ2n) is 4.05. The lowest BCUT2D eigenvalue weighted by Gasteiger charge is -2.13. The van der Waals surface area contributed by atoms with Crippen LogP contribution in [-0.2, 0) is 16.0 Å². The van der Waals surface area contributed by atoms with E-state index in [-0.39, 0.29) is 11.8 Å². The standard InChI is InChI=1S/C11H14N4O2/c1-7-8(2)11(17)15(10(7)16)5-3-4-9-12-6-13-14-9/h6H,3-5H2,1-2H3,(H,12,13,14). The Morgan fingerprint density at radius 3 is 2.41 bits per heavy atom. The Bertz CT molecular complexity index is 452. The van der Waals surface area contributed by atoms with Crippen LogP contribution in [0.1, 0.15) is 26.1 Å². The fraction of sp³-hybridized carbons (Fsp3) is 0.455. The molecular weight excluding hydrogens is 220 g/mol. The number of nitrogens with one attached hydrogen (secondary N) is 1. The predicted molar refractivity (Wildman–Crippen MR) is 59.8 cm³/mol. The third-order valence-corrected chi connectivity index (χ3v) is 2.95. The third-order valence-electron chi connectivity index (χ3n) is 2.95. The molecule has 0 bridgehead atoms.